The molecule has 0 radical (unpaired) electrons. The summed E-state index contributed by atoms with van der Waals surface area (Å²) in [6, 6.07) is -0.0160. The maximum Gasteiger partial charge on any atom is 0.316 e. The normalized spacial score (nSPS) is 45.3. The summed E-state index contributed by atoms with van der Waals surface area (Å²) in [5.41, 5.74) is -1.51. The van der Waals surface area contributed by atoms with E-state index in [9.17, 15) is 24.6 Å². The number of ether oxygens (including phenoxy) is 1. The molecule has 0 aromatic rings. The Balaban J connectivity index is 1.54. The van der Waals surface area contributed by atoms with Gasteiger partial charge in [0, 0.05) is 40.4 Å². The monoisotopic (exact) mass is 577 g/mol. The van der Waals surface area contributed by atoms with Crippen LogP contribution < -0.4 is 5.32 Å². The van der Waals surface area contributed by atoms with Crippen molar-refractivity contribution in [2.24, 2.45) is 39.9 Å². The van der Waals surface area contributed by atoms with Gasteiger partial charge < -0.3 is 20.3 Å². The number of esters is 1. The molecule has 40 heavy (non-hydrogen) atoms. The summed E-state index contributed by atoms with van der Waals surface area (Å²) in [5, 5.41) is 25.2. The molecule has 7 nitrogen and oxygen atoms in total. The predicted octanol–water partition coefficient (Wildman–Crippen LogP) is 4.68. The predicted molar refractivity (Wildman–Crippen MR) is 158 cm³/mol. The zero-order valence-electron chi connectivity index (χ0n) is 25.3. The van der Waals surface area contributed by atoms with Gasteiger partial charge in [-0.15, -0.1) is 18.3 Å². The zero-order chi connectivity index (χ0) is 29.6. The van der Waals surface area contributed by atoms with Crippen molar-refractivity contribution in [3.05, 3.63) is 12.7 Å². The number of nitrogens with one attached hydrogen (secondary N) is 1. The van der Waals surface area contributed by atoms with Crippen LogP contribution in [-0.2, 0) is 19.1 Å². The van der Waals surface area contributed by atoms with Gasteiger partial charge in [0.1, 0.15) is 11.9 Å². The largest absolute Gasteiger partial charge is 0.461 e. The van der Waals surface area contributed by atoms with E-state index in [-0.39, 0.29) is 63.8 Å². The summed E-state index contributed by atoms with van der Waals surface area (Å²) in [6.45, 7) is 16.2. The molecule has 4 aliphatic rings. The summed E-state index contributed by atoms with van der Waals surface area (Å²) < 4.78 is 6.35. The molecular formula is C32H51NO6S. The average molecular weight is 578 g/mol. The van der Waals surface area contributed by atoms with E-state index in [0.717, 1.165) is 25.7 Å². The summed E-state index contributed by atoms with van der Waals surface area (Å²) in [6.07, 6.45) is 5.47. The number of aliphatic hydroxyl groups excluding tert-OH is 2. The zero-order valence-corrected chi connectivity index (χ0v) is 26.1. The van der Waals surface area contributed by atoms with E-state index >= 15 is 0 Å². The maximum atomic E-state index is 13.6. The van der Waals surface area contributed by atoms with Gasteiger partial charge in [0.2, 0.25) is 5.91 Å². The van der Waals surface area contributed by atoms with E-state index in [1.54, 1.807) is 0 Å². The Bertz CT molecular complexity index is 1000. The third kappa shape index (κ3) is 5.42. The molecule has 4 rings (SSSR count). The minimum Gasteiger partial charge on any atom is -0.461 e. The smallest absolute Gasteiger partial charge is 0.316 e. The first-order chi connectivity index (χ1) is 18.7. The van der Waals surface area contributed by atoms with Gasteiger partial charge in [-0.05, 0) is 62.2 Å². The highest BCUT2D eigenvalue weighted by atomic mass is 32.2. The SMILES string of the molecule is C=C[C@]1(C)C[C@@H](OC(=O)CS[C@@H]2C[C@@H](NC(=O)C(C)C)CC[C@@H]2O)[C@]2(C)C(C)CCC3(CCC(=O)[C@H]32)[C@@H](C)[C@@H]1O. The number of carbonyl (C=O) groups excluding carboxylic acids is 3. The molecule has 8 heteroatoms. The van der Waals surface area contributed by atoms with Crippen LogP contribution in [0.5, 0.6) is 0 Å². The number of carbonyl (C=O) groups is 3. The van der Waals surface area contributed by atoms with Crippen LogP contribution in [0, 0.1) is 39.9 Å². The van der Waals surface area contributed by atoms with Gasteiger partial charge in [-0.25, -0.2) is 0 Å². The van der Waals surface area contributed by atoms with E-state index in [4.69, 9.17) is 4.74 Å². The van der Waals surface area contributed by atoms with Crippen molar-refractivity contribution in [3.63, 3.8) is 0 Å². The molecule has 0 saturated heterocycles. The van der Waals surface area contributed by atoms with Crippen LogP contribution in [0.4, 0.5) is 0 Å². The highest BCUT2D eigenvalue weighted by Crippen LogP contribution is 2.68. The van der Waals surface area contributed by atoms with Crippen molar-refractivity contribution < 1.29 is 29.3 Å². The number of hydrogen-bond donors (Lipinski definition) is 3. The quantitative estimate of drug-likeness (QED) is 0.297. The van der Waals surface area contributed by atoms with Crippen LogP contribution in [0.25, 0.3) is 0 Å². The first kappa shape index (κ1) is 31.6. The van der Waals surface area contributed by atoms with E-state index in [1.807, 2.05) is 26.8 Å². The molecule has 1 amide bonds. The van der Waals surface area contributed by atoms with Crippen molar-refractivity contribution >= 4 is 29.4 Å². The number of aliphatic hydroxyl groups is 2. The molecule has 0 aliphatic heterocycles. The summed E-state index contributed by atoms with van der Waals surface area (Å²) in [4.78, 5) is 39.2. The molecule has 0 spiro atoms. The lowest BCUT2D eigenvalue weighted by molar-refractivity contribution is -0.205. The van der Waals surface area contributed by atoms with Gasteiger partial charge >= 0.3 is 5.97 Å². The minimum absolute atomic E-state index is 0.00277. The number of rotatable bonds is 7. The standard InChI is InChI=1S/C32H51NO6S/c1-8-30(6)16-25(31(7)19(4)11-13-32(20(5)28(30)37)14-12-23(35)27(31)32)39-26(36)17-40-24-15-21(9-10-22(24)34)33-29(38)18(2)3/h8,18-22,24-25,27-28,34,37H,1,9-17H2,2-7H3,(H,33,38)/t19?,20-,21-,22-,24+,25+,27-,28-,30+,31-,32?/m0/s1. The molecule has 3 N–H and O–H groups in total. The number of hydrogen-bond acceptors (Lipinski definition) is 7. The lowest BCUT2D eigenvalue weighted by atomic mass is 9.44. The van der Waals surface area contributed by atoms with Gasteiger partial charge in [0.15, 0.2) is 0 Å². The van der Waals surface area contributed by atoms with E-state index < -0.39 is 29.1 Å². The number of Topliss-reactive ketones (excluding diaryl/α,β-unsaturated/α-hetero) is 1. The molecule has 4 fully saturated rings. The number of amides is 1. The summed E-state index contributed by atoms with van der Waals surface area (Å²) in [5.74, 6) is -0.273. The molecule has 226 valence electrons. The number of thioether (sulfide) groups is 1. The molecule has 0 heterocycles. The second-order valence-electron chi connectivity index (χ2n) is 14.2. The first-order valence-electron chi connectivity index (χ1n) is 15.3. The molecule has 2 bridgehead atoms. The van der Waals surface area contributed by atoms with E-state index in [1.165, 1.54) is 11.8 Å². The van der Waals surface area contributed by atoms with Gasteiger partial charge in [-0.3, -0.25) is 14.4 Å². The lowest BCUT2D eigenvalue weighted by Crippen LogP contribution is -2.63. The molecule has 4 saturated carbocycles. The van der Waals surface area contributed by atoms with Gasteiger partial charge in [-0.2, -0.15) is 0 Å². The highest BCUT2D eigenvalue weighted by Gasteiger charge is 2.68. The minimum atomic E-state index is -0.692. The Hall–Kier alpha value is -1.38. The topological polar surface area (TPSA) is 113 Å². The van der Waals surface area contributed by atoms with Crippen molar-refractivity contribution in [2.75, 3.05) is 5.75 Å². The Morgan fingerprint density at radius 2 is 1.88 bits per heavy atom. The Morgan fingerprint density at radius 3 is 2.52 bits per heavy atom. The molecule has 0 aromatic carbocycles. The van der Waals surface area contributed by atoms with Crippen LogP contribution in [-0.4, -0.2) is 63.2 Å². The Morgan fingerprint density at radius 1 is 1.18 bits per heavy atom. The molecule has 0 aromatic heterocycles. The van der Waals surface area contributed by atoms with Crippen molar-refractivity contribution in [1.82, 2.24) is 5.32 Å². The van der Waals surface area contributed by atoms with Crippen LogP contribution in [0.2, 0.25) is 0 Å². The molecule has 4 aliphatic carbocycles. The highest BCUT2D eigenvalue weighted by molar-refractivity contribution is 8.00. The first-order valence-corrected chi connectivity index (χ1v) is 16.4. The molecular weight excluding hydrogens is 526 g/mol. The van der Waals surface area contributed by atoms with Crippen LogP contribution in [0.3, 0.4) is 0 Å². The molecule has 2 unspecified atom stereocenters. The Labute approximate surface area is 244 Å². The summed E-state index contributed by atoms with van der Waals surface area (Å²) in [7, 11) is 0. The van der Waals surface area contributed by atoms with Gasteiger partial charge in [0.05, 0.1) is 18.0 Å². The number of ketones is 1. The molecule has 11 atom stereocenters. The third-order valence-corrected chi connectivity index (χ3v) is 13.0. The van der Waals surface area contributed by atoms with Crippen molar-refractivity contribution in [3.8, 4) is 0 Å². The fourth-order valence-electron chi connectivity index (χ4n) is 8.66. The van der Waals surface area contributed by atoms with Crippen molar-refractivity contribution in [1.29, 1.82) is 0 Å². The van der Waals surface area contributed by atoms with Crippen LogP contribution in [0.15, 0.2) is 12.7 Å². The second kappa shape index (κ2) is 11.7. The van der Waals surface area contributed by atoms with Gasteiger partial charge in [0.25, 0.3) is 0 Å². The van der Waals surface area contributed by atoms with Gasteiger partial charge in [-0.1, -0.05) is 47.6 Å². The Kier molecular flexibility index (Phi) is 9.24. The van der Waals surface area contributed by atoms with Crippen molar-refractivity contribution in [2.45, 2.75) is 123 Å². The third-order valence-electron chi connectivity index (χ3n) is 11.6. The second-order valence-corrected chi connectivity index (χ2v) is 15.4. The summed E-state index contributed by atoms with van der Waals surface area (Å²) >= 11 is 1.39. The fourth-order valence-corrected chi connectivity index (χ4v) is 9.81. The lowest BCUT2D eigenvalue weighted by Gasteiger charge is -2.61. The average Bonchev–Trinajstić information content (AvgIpc) is 3.27. The van der Waals surface area contributed by atoms with E-state index in [2.05, 4.69) is 32.7 Å². The van der Waals surface area contributed by atoms with Crippen LogP contribution >= 0.6 is 11.8 Å². The maximum absolute atomic E-state index is 13.6. The fraction of sp³-hybridized carbons (Fsp3) is 0.844. The van der Waals surface area contributed by atoms with Crippen LogP contribution in [0.1, 0.15) is 92.9 Å². The van der Waals surface area contributed by atoms with E-state index in [0.29, 0.717) is 25.7 Å².